The number of carbonyl (C=O) groups excluding carboxylic acids is 2. The van der Waals surface area contributed by atoms with Crippen LogP contribution in [0.3, 0.4) is 0 Å². The molecule has 35 heavy (non-hydrogen) atoms. The zero-order chi connectivity index (χ0) is 25.2. The highest BCUT2D eigenvalue weighted by Crippen LogP contribution is 2.34. The van der Waals surface area contributed by atoms with Crippen LogP contribution in [0.4, 0.5) is 5.69 Å². The third-order valence-electron chi connectivity index (χ3n) is 6.03. The summed E-state index contributed by atoms with van der Waals surface area (Å²) >= 11 is 0. The van der Waals surface area contributed by atoms with Gasteiger partial charge in [-0.05, 0) is 60.9 Å². The van der Waals surface area contributed by atoms with Crippen LogP contribution in [-0.2, 0) is 27.8 Å². The predicted molar refractivity (Wildman–Crippen MR) is 131 cm³/mol. The van der Waals surface area contributed by atoms with Gasteiger partial charge in [-0.2, -0.15) is 4.31 Å². The molecule has 3 aromatic rings. The molecule has 0 radical (unpaired) electrons. The van der Waals surface area contributed by atoms with E-state index in [2.05, 4.69) is 5.32 Å². The second kappa shape index (κ2) is 9.89. The summed E-state index contributed by atoms with van der Waals surface area (Å²) in [4.78, 5) is 24.9. The summed E-state index contributed by atoms with van der Waals surface area (Å²) in [7, 11) is -1.18. The summed E-state index contributed by atoms with van der Waals surface area (Å²) in [6.45, 7) is 1.51. The van der Waals surface area contributed by atoms with Crippen molar-refractivity contribution < 1.29 is 27.5 Å². The molecular formula is C26H26N2O6S. The van der Waals surface area contributed by atoms with E-state index in [1.807, 2.05) is 24.3 Å². The lowest BCUT2D eigenvalue weighted by atomic mass is 9.95. The lowest BCUT2D eigenvalue weighted by molar-refractivity contribution is -0.120. The maximum absolute atomic E-state index is 13.8. The molecule has 0 spiro atoms. The topological polar surface area (TPSA) is 102 Å². The zero-order valence-electron chi connectivity index (χ0n) is 19.6. The lowest BCUT2D eigenvalue weighted by Gasteiger charge is -2.35. The van der Waals surface area contributed by atoms with E-state index in [9.17, 15) is 18.0 Å². The largest absolute Gasteiger partial charge is 0.493 e. The summed E-state index contributed by atoms with van der Waals surface area (Å²) in [5.74, 6) is 0.134. The molecule has 0 bridgehead atoms. The molecule has 1 aliphatic rings. The number of ketones is 1. The van der Waals surface area contributed by atoms with Crippen molar-refractivity contribution in [1.82, 2.24) is 4.31 Å². The summed E-state index contributed by atoms with van der Waals surface area (Å²) in [6, 6.07) is 17.3. The molecule has 1 amide bonds. The predicted octanol–water partition coefficient (Wildman–Crippen LogP) is 3.66. The van der Waals surface area contributed by atoms with Gasteiger partial charge in [-0.1, -0.05) is 24.3 Å². The Morgan fingerprint density at radius 2 is 1.57 bits per heavy atom. The zero-order valence-corrected chi connectivity index (χ0v) is 20.5. The second-order valence-electron chi connectivity index (χ2n) is 8.18. The fraction of sp³-hybridized carbons (Fsp3) is 0.231. The van der Waals surface area contributed by atoms with E-state index >= 15 is 0 Å². The highest BCUT2D eigenvalue weighted by atomic mass is 32.2. The smallest absolute Gasteiger partial charge is 0.244 e. The van der Waals surface area contributed by atoms with Crippen LogP contribution >= 0.6 is 0 Å². The molecule has 1 atom stereocenters. The summed E-state index contributed by atoms with van der Waals surface area (Å²) < 4.78 is 39.3. The molecule has 0 aromatic heterocycles. The minimum Gasteiger partial charge on any atom is -0.493 e. The van der Waals surface area contributed by atoms with Crippen LogP contribution in [0.2, 0.25) is 0 Å². The number of nitrogens with one attached hydrogen (secondary N) is 1. The van der Waals surface area contributed by atoms with Gasteiger partial charge in [-0.15, -0.1) is 0 Å². The van der Waals surface area contributed by atoms with Gasteiger partial charge in [0.2, 0.25) is 15.9 Å². The molecule has 0 fully saturated rings. The Bertz CT molecular complexity index is 1370. The standard InChI is InChI=1S/C26H26N2O6S/c1-17(29)18-8-10-21(11-9-18)27-26(30)23-14-19-6-4-5-7-20(19)16-28(23)35(31,32)22-12-13-24(33-2)25(15-22)34-3/h4-13,15,23H,14,16H2,1-3H3,(H,27,30)/t23-/m0/s1. The minimum atomic E-state index is -4.07. The lowest BCUT2D eigenvalue weighted by Crippen LogP contribution is -2.50. The molecule has 1 heterocycles. The molecule has 182 valence electrons. The van der Waals surface area contributed by atoms with Crippen molar-refractivity contribution in [1.29, 1.82) is 0 Å². The quantitative estimate of drug-likeness (QED) is 0.503. The number of anilines is 1. The van der Waals surface area contributed by atoms with Gasteiger partial charge >= 0.3 is 0 Å². The van der Waals surface area contributed by atoms with Crippen molar-refractivity contribution in [2.75, 3.05) is 19.5 Å². The maximum atomic E-state index is 13.8. The Kier molecular flexibility index (Phi) is 6.90. The average molecular weight is 495 g/mol. The molecule has 0 saturated carbocycles. The van der Waals surface area contributed by atoms with Gasteiger partial charge in [0, 0.05) is 23.9 Å². The first kappa shape index (κ1) is 24.4. The summed E-state index contributed by atoms with van der Waals surface area (Å²) in [6.07, 6.45) is 0.222. The molecule has 1 N–H and O–H groups in total. The molecule has 4 rings (SSSR count). The molecule has 0 saturated heterocycles. The third kappa shape index (κ3) is 4.91. The molecule has 0 aliphatic carbocycles. The molecule has 8 nitrogen and oxygen atoms in total. The minimum absolute atomic E-state index is 0.00172. The van der Waals surface area contributed by atoms with Gasteiger partial charge in [-0.25, -0.2) is 8.42 Å². The van der Waals surface area contributed by atoms with Crippen molar-refractivity contribution in [3.63, 3.8) is 0 Å². The number of amides is 1. The van der Waals surface area contributed by atoms with Gasteiger partial charge in [0.05, 0.1) is 19.1 Å². The fourth-order valence-electron chi connectivity index (χ4n) is 4.10. The number of hydrogen-bond acceptors (Lipinski definition) is 6. The second-order valence-corrected chi connectivity index (χ2v) is 10.1. The van der Waals surface area contributed by atoms with E-state index < -0.39 is 22.0 Å². The Morgan fingerprint density at radius 1 is 0.914 bits per heavy atom. The van der Waals surface area contributed by atoms with Crippen LogP contribution in [0, 0.1) is 0 Å². The third-order valence-corrected chi connectivity index (χ3v) is 7.88. The number of fused-ring (bicyclic) bond motifs is 1. The number of ether oxygens (including phenoxy) is 2. The van der Waals surface area contributed by atoms with Gasteiger partial charge in [0.15, 0.2) is 17.3 Å². The van der Waals surface area contributed by atoms with Crippen LogP contribution in [0.5, 0.6) is 11.5 Å². The maximum Gasteiger partial charge on any atom is 0.244 e. The Hall–Kier alpha value is -3.69. The van der Waals surface area contributed by atoms with Gasteiger partial charge < -0.3 is 14.8 Å². The van der Waals surface area contributed by atoms with Crippen LogP contribution in [0.15, 0.2) is 71.6 Å². The number of nitrogens with zero attached hydrogens (tertiary/aromatic N) is 1. The first-order valence-electron chi connectivity index (χ1n) is 11.0. The highest BCUT2D eigenvalue weighted by Gasteiger charge is 2.40. The number of methoxy groups -OCH3 is 2. The van der Waals surface area contributed by atoms with Crippen molar-refractivity contribution >= 4 is 27.4 Å². The van der Waals surface area contributed by atoms with Crippen molar-refractivity contribution in [2.45, 2.75) is 30.8 Å². The summed E-state index contributed by atoms with van der Waals surface area (Å²) in [5, 5.41) is 2.80. The van der Waals surface area contributed by atoms with Crippen LogP contribution < -0.4 is 14.8 Å². The van der Waals surface area contributed by atoms with Crippen molar-refractivity contribution in [2.24, 2.45) is 0 Å². The summed E-state index contributed by atoms with van der Waals surface area (Å²) in [5.41, 5.74) is 2.75. The SMILES string of the molecule is COc1ccc(S(=O)(=O)N2Cc3ccccc3C[C@H]2C(=O)Nc2ccc(C(C)=O)cc2)cc1OC. The number of rotatable bonds is 7. The van der Waals surface area contributed by atoms with E-state index in [0.717, 1.165) is 11.1 Å². The normalized spacial score (nSPS) is 15.7. The number of Topliss-reactive ketones (excluding diaryl/α,β-unsaturated/α-hetero) is 1. The van der Waals surface area contributed by atoms with E-state index in [-0.39, 0.29) is 29.4 Å². The molecule has 3 aromatic carbocycles. The van der Waals surface area contributed by atoms with E-state index in [4.69, 9.17) is 9.47 Å². The Morgan fingerprint density at radius 3 is 2.20 bits per heavy atom. The number of sulfonamides is 1. The first-order valence-corrected chi connectivity index (χ1v) is 12.4. The number of hydrogen-bond donors (Lipinski definition) is 1. The number of benzene rings is 3. The van der Waals surface area contributed by atoms with Crippen molar-refractivity contribution in [3.05, 3.63) is 83.4 Å². The molecule has 9 heteroatoms. The van der Waals surface area contributed by atoms with Crippen LogP contribution in [0.25, 0.3) is 0 Å². The first-order chi connectivity index (χ1) is 16.7. The van der Waals surface area contributed by atoms with Crippen LogP contribution in [0.1, 0.15) is 28.4 Å². The van der Waals surface area contributed by atoms with Gasteiger partial charge in [0.25, 0.3) is 0 Å². The van der Waals surface area contributed by atoms with E-state index in [1.54, 1.807) is 24.3 Å². The van der Waals surface area contributed by atoms with Gasteiger partial charge in [-0.3, -0.25) is 9.59 Å². The van der Waals surface area contributed by atoms with Crippen LogP contribution in [-0.4, -0.2) is 44.7 Å². The average Bonchev–Trinajstić information content (AvgIpc) is 2.87. The van der Waals surface area contributed by atoms with Crippen molar-refractivity contribution in [3.8, 4) is 11.5 Å². The fourth-order valence-corrected chi connectivity index (χ4v) is 5.68. The number of carbonyl (C=O) groups is 2. The monoisotopic (exact) mass is 494 g/mol. The van der Waals surface area contributed by atoms with E-state index in [1.165, 1.54) is 43.6 Å². The highest BCUT2D eigenvalue weighted by molar-refractivity contribution is 7.89. The Balaban J connectivity index is 1.70. The Labute approximate surface area is 204 Å². The molecule has 1 aliphatic heterocycles. The van der Waals surface area contributed by atoms with E-state index in [0.29, 0.717) is 17.0 Å². The molecule has 0 unspecified atom stereocenters. The molecular weight excluding hydrogens is 468 g/mol. The van der Waals surface area contributed by atoms with Gasteiger partial charge in [0.1, 0.15) is 6.04 Å².